The van der Waals surface area contributed by atoms with Crippen LogP contribution >= 0.6 is 39.3 Å². The van der Waals surface area contributed by atoms with Crippen LogP contribution in [0.4, 0.5) is 0 Å². The molecule has 0 atom stereocenters. The van der Waals surface area contributed by atoms with Crippen LogP contribution in [0.1, 0.15) is 15.9 Å². The maximum atomic E-state index is 12.4. The van der Waals surface area contributed by atoms with E-state index in [-0.39, 0.29) is 5.91 Å². The van der Waals surface area contributed by atoms with Crippen LogP contribution in [0.2, 0.25) is 5.02 Å². The number of carbonyl (C=O) groups excluding carboxylic acids is 1. The molecule has 5 heteroatoms. The van der Waals surface area contributed by atoms with Gasteiger partial charge in [-0.25, -0.2) is 0 Å². The van der Waals surface area contributed by atoms with Crippen molar-refractivity contribution in [2.75, 3.05) is 13.3 Å². The monoisotopic (exact) mass is 383 g/mol. The standard InChI is InChI=1S/C16H15BrClNOS/c1-19(10-11-3-5-15(21-2)6-4-11)16(20)12-7-13(17)9-14(18)8-12/h3-9H,10H2,1-2H3. The highest BCUT2D eigenvalue weighted by atomic mass is 79.9. The van der Waals surface area contributed by atoms with Gasteiger partial charge in [-0.1, -0.05) is 39.7 Å². The van der Waals surface area contributed by atoms with Crippen molar-refractivity contribution in [3.05, 3.63) is 63.1 Å². The lowest BCUT2D eigenvalue weighted by atomic mass is 10.1. The van der Waals surface area contributed by atoms with Gasteiger partial charge in [0.1, 0.15) is 0 Å². The van der Waals surface area contributed by atoms with Crippen molar-refractivity contribution in [2.45, 2.75) is 11.4 Å². The fourth-order valence-corrected chi connectivity index (χ4v) is 3.24. The molecule has 2 nitrogen and oxygen atoms in total. The molecule has 0 saturated carbocycles. The van der Waals surface area contributed by atoms with E-state index in [2.05, 4.69) is 28.1 Å². The number of nitrogens with zero attached hydrogens (tertiary/aromatic N) is 1. The van der Waals surface area contributed by atoms with Gasteiger partial charge in [0.05, 0.1) is 0 Å². The lowest BCUT2D eigenvalue weighted by Crippen LogP contribution is -2.26. The molecule has 0 heterocycles. The molecule has 2 aromatic rings. The highest BCUT2D eigenvalue weighted by molar-refractivity contribution is 9.10. The minimum atomic E-state index is -0.0489. The first-order chi connectivity index (χ1) is 9.99. The van der Waals surface area contributed by atoms with E-state index in [0.717, 1.165) is 10.0 Å². The third-order valence-electron chi connectivity index (χ3n) is 3.04. The number of halogens is 2. The Morgan fingerprint density at radius 1 is 1.24 bits per heavy atom. The fraction of sp³-hybridized carbons (Fsp3) is 0.188. The Morgan fingerprint density at radius 2 is 1.90 bits per heavy atom. The van der Waals surface area contributed by atoms with E-state index in [0.29, 0.717) is 17.1 Å². The van der Waals surface area contributed by atoms with E-state index in [1.54, 1.807) is 41.9 Å². The quantitative estimate of drug-likeness (QED) is 0.684. The SMILES string of the molecule is CSc1ccc(CN(C)C(=O)c2cc(Cl)cc(Br)c2)cc1. The number of hydrogen-bond acceptors (Lipinski definition) is 2. The summed E-state index contributed by atoms with van der Waals surface area (Å²) in [5.41, 5.74) is 1.68. The van der Waals surface area contributed by atoms with Gasteiger partial charge in [0.2, 0.25) is 0 Å². The Morgan fingerprint density at radius 3 is 2.48 bits per heavy atom. The Balaban J connectivity index is 2.11. The van der Waals surface area contributed by atoms with Gasteiger partial charge in [-0.05, 0) is 42.2 Å². The smallest absolute Gasteiger partial charge is 0.253 e. The van der Waals surface area contributed by atoms with Gasteiger partial charge in [0, 0.05) is 33.5 Å². The minimum Gasteiger partial charge on any atom is -0.337 e. The first kappa shape index (κ1) is 16.4. The van der Waals surface area contributed by atoms with Gasteiger partial charge in [-0.3, -0.25) is 4.79 Å². The Bertz CT molecular complexity index is 625. The van der Waals surface area contributed by atoms with Crippen molar-refractivity contribution in [3.63, 3.8) is 0 Å². The lowest BCUT2D eigenvalue weighted by Gasteiger charge is -2.18. The van der Waals surface area contributed by atoms with Crippen LogP contribution in [0.3, 0.4) is 0 Å². The van der Waals surface area contributed by atoms with Crippen molar-refractivity contribution < 1.29 is 4.79 Å². The number of carbonyl (C=O) groups is 1. The molecular formula is C16H15BrClNOS. The van der Waals surface area contributed by atoms with Crippen LogP contribution in [0.5, 0.6) is 0 Å². The zero-order valence-electron chi connectivity index (χ0n) is 11.8. The van der Waals surface area contributed by atoms with E-state index < -0.39 is 0 Å². The zero-order chi connectivity index (χ0) is 15.4. The zero-order valence-corrected chi connectivity index (χ0v) is 14.9. The average molecular weight is 385 g/mol. The van der Waals surface area contributed by atoms with Crippen molar-refractivity contribution in [2.24, 2.45) is 0 Å². The molecule has 0 aliphatic rings. The van der Waals surface area contributed by atoms with Gasteiger partial charge in [0.15, 0.2) is 0 Å². The number of amides is 1. The summed E-state index contributed by atoms with van der Waals surface area (Å²) in [4.78, 5) is 15.3. The highest BCUT2D eigenvalue weighted by Crippen LogP contribution is 2.21. The molecule has 0 bridgehead atoms. The van der Waals surface area contributed by atoms with E-state index in [1.165, 1.54) is 4.90 Å². The van der Waals surface area contributed by atoms with Crippen LogP contribution < -0.4 is 0 Å². The largest absolute Gasteiger partial charge is 0.337 e. The number of thioether (sulfide) groups is 1. The molecule has 21 heavy (non-hydrogen) atoms. The summed E-state index contributed by atoms with van der Waals surface area (Å²) in [5, 5.41) is 0.547. The Kier molecular flexibility index (Phi) is 5.73. The van der Waals surface area contributed by atoms with E-state index >= 15 is 0 Å². The Labute approximate surface area is 142 Å². The molecule has 0 aromatic heterocycles. The fourth-order valence-electron chi connectivity index (χ4n) is 1.97. The minimum absolute atomic E-state index is 0.0489. The van der Waals surface area contributed by atoms with Crippen LogP contribution in [-0.4, -0.2) is 24.1 Å². The van der Waals surface area contributed by atoms with E-state index in [9.17, 15) is 4.79 Å². The van der Waals surface area contributed by atoms with Crippen LogP contribution in [0.25, 0.3) is 0 Å². The second kappa shape index (κ2) is 7.34. The third kappa shape index (κ3) is 4.50. The Hall–Kier alpha value is -0.970. The summed E-state index contributed by atoms with van der Waals surface area (Å²) >= 11 is 11.0. The molecule has 0 saturated heterocycles. The molecule has 0 unspecified atom stereocenters. The third-order valence-corrected chi connectivity index (χ3v) is 4.45. The topological polar surface area (TPSA) is 20.3 Å². The lowest BCUT2D eigenvalue weighted by molar-refractivity contribution is 0.0785. The van der Waals surface area contributed by atoms with Crippen LogP contribution in [0, 0.1) is 0 Å². The molecule has 0 spiro atoms. The number of benzene rings is 2. The molecule has 1 amide bonds. The average Bonchev–Trinajstić information content (AvgIpc) is 2.46. The molecular weight excluding hydrogens is 370 g/mol. The normalized spacial score (nSPS) is 10.5. The van der Waals surface area contributed by atoms with Gasteiger partial charge in [-0.15, -0.1) is 11.8 Å². The van der Waals surface area contributed by atoms with Gasteiger partial charge < -0.3 is 4.90 Å². The van der Waals surface area contributed by atoms with E-state index in [1.807, 2.05) is 18.4 Å². The highest BCUT2D eigenvalue weighted by Gasteiger charge is 2.13. The number of hydrogen-bond donors (Lipinski definition) is 0. The first-order valence-electron chi connectivity index (χ1n) is 6.34. The predicted octanol–water partition coefficient (Wildman–Crippen LogP) is 5.10. The summed E-state index contributed by atoms with van der Waals surface area (Å²) in [6, 6.07) is 13.4. The maximum absolute atomic E-state index is 12.4. The molecule has 2 aromatic carbocycles. The van der Waals surface area contributed by atoms with Gasteiger partial charge in [0.25, 0.3) is 5.91 Å². The van der Waals surface area contributed by atoms with Gasteiger partial charge >= 0.3 is 0 Å². The van der Waals surface area contributed by atoms with Crippen LogP contribution in [0.15, 0.2) is 51.8 Å². The molecule has 0 aliphatic heterocycles. The molecule has 0 aliphatic carbocycles. The molecule has 0 N–H and O–H groups in total. The maximum Gasteiger partial charge on any atom is 0.253 e. The van der Waals surface area contributed by atoms with Crippen molar-refractivity contribution in [1.29, 1.82) is 0 Å². The summed E-state index contributed by atoms with van der Waals surface area (Å²) < 4.78 is 0.802. The second-order valence-corrected chi connectivity index (χ2v) is 6.90. The van der Waals surface area contributed by atoms with Crippen molar-refractivity contribution in [1.82, 2.24) is 4.90 Å². The second-order valence-electron chi connectivity index (χ2n) is 4.67. The predicted molar refractivity (Wildman–Crippen MR) is 93.2 cm³/mol. The molecule has 2 rings (SSSR count). The van der Waals surface area contributed by atoms with Crippen molar-refractivity contribution in [3.8, 4) is 0 Å². The molecule has 0 radical (unpaired) electrons. The molecule has 110 valence electrons. The first-order valence-corrected chi connectivity index (χ1v) is 8.73. The number of rotatable bonds is 4. The van der Waals surface area contributed by atoms with Crippen LogP contribution in [-0.2, 0) is 6.54 Å². The summed E-state index contributed by atoms with van der Waals surface area (Å²) in [7, 11) is 1.79. The summed E-state index contributed by atoms with van der Waals surface area (Å²) in [6.45, 7) is 0.567. The summed E-state index contributed by atoms with van der Waals surface area (Å²) in [6.07, 6.45) is 2.04. The van der Waals surface area contributed by atoms with Crippen molar-refractivity contribution >= 4 is 45.2 Å². The summed E-state index contributed by atoms with van der Waals surface area (Å²) in [5.74, 6) is -0.0489. The van der Waals surface area contributed by atoms with Gasteiger partial charge in [-0.2, -0.15) is 0 Å². The molecule has 0 fully saturated rings. The van der Waals surface area contributed by atoms with E-state index in [4.69, 9.17) is 11.6 Å².